The molecule has 2 aromatic carbocycles. The van der Waals surface area contributed by atoms with Gasteiger partial charge in [-0.25, -0.2) is 0 Å². The summed E-state index contributed by atoms with van der Waals surface area (Å²) in [7, 11) is 3.23. The first-order chi connectivity index (χ1) is 10.7. The van der Waals surface area contributed by atoms with E-state index in [1.807, 2.05) is 54.6 Å². The van der Waals surface area contributed by atoms with Gasteiger partial charge in [-0.3, -0.25) is 4.79 Å². The lowest BCUT2D eigenvalue weighted by Gasteiger charge is -2.12. The van der Waals surface area contributed by atoms with E-state index in [1.165, 1.54) is 0 Å². The summed E-state index contributed by atoms with van der Waals surface area (Å²) >= 11 is 0. The maximum atomic E-state index is 11.3. The minimum Gasteiger partial charge on any atom is -0.493 e. The number of carbonyl (C=O) groups is 1. The molecule has 2 aromatic rings. The fraction of sp³-hybridized carbons (Fsp3) is 0.211. The topological polar surface area (TPSA) is 35.5 Å². The molecular formula is C19H20O3. The van der Waals surface area contributed by atoms with Crippen molar-refractivity contribution >= 4 is 11.4 Å². The van der Waals surface area contributed by atoms with Gasteiger partial charge < -0.3 is 9.47 Å². The van der Waals surface area contributed by atoms with Crippen molar-refractivity contribution in [1.82, 2.24) is 0 Å². The molecule has 0 aromatic heterocycles. The molecular weight excluding hydrogens is 276 g/mol. The Labute approximate surface area is 131 Å². The van der Waals surface area contributed by atoms with E-state index in [-0.39, 0.29) is 5.78 Å². The standard InChI is InChI=1S/C19H20O3/c1-14(20)9-11-17(15-7-5-4-6-8-15)16-10-12-18(21-2)19(13-16)22-3/h4-8,10-13H,9H2,1-3H3/b17-11+. The molecule has 0 fully saturated rings. The van der Waals surface area contributed by atoms with E-state index in [0.717, 1.165) is 16.7 Å². The highest BCUT2D eigenvalue weighted by Gasteiger charge is 2.10. The third-order valence-corrected chi connectivity index (χ3v) is 3.37. The number of Topliss-reactive ketones (excluding diaryl/α,β-unsaturated/α-hetero) is 1. The summed E-state index contributed by atoms with van der Waals surface area (Å²) < 4.78 is 10.6. The maximum absolute atomic E-state index is 11.3. The Morgan fingerprint density at radius 2 is 1.64 bits per heavy atom. The SMILES string of the molecule is COc1ccc(/C(=C/CC(C)=O)c2ccccc2)cc1OC. The van der Waals surface area contributed by atoms with Crippen LogP contribution in [0.2, 0.25) is 0 Å². The van der Waals surface area contributed by atoms with Crippen molar-refractivity contribution in [3.8, 4) is 11.5 Å². The Morgan fingerprint density at radius 1 is 0.955 bits per heavy atom. The lowest BCUT2D eigenvalue weighted by atomic mass is 9.96. The van der Waals surface area contributed by atoms with Gasteiger partial charge in [-0.15, -0.1) is 0 Å². The fourth-order valence-electron chi connectivity index (χ4n) is 2.27. The molecule has 22 heavy (non-hydrogen) atoms. The molecule has 0 aliphatic carbocycles. The Kier molecular flexibility index (Phi) is 5.37. The molecule has 0 bridgehead atoms. The molecule has 0 unspecified atom stereocenters. The van der Waals surface area contributed by atoms with Gasteiger partial charge in [-0.2, -0.15) is 0 Å². The first-order valence-corrected chi connectivity index (χ1v) is 7.13. The molecule has 3 heteroatoms. The zero-order valence-corrected chi connectivity index (χ0v) is 13.1. The largest absolute Gasteiger partial charge is 0.493 e. The van der Waals surface area contributed by atoms with Crippen LogP contribution in [0.3, 0.4) is 0 Å². The second kappa shape index (κ2) is 7.46. The van der Waals surface area contributed by atoms with Crippen LogP contribution in [0, 0.1) is 0 Å². The zero-order chi connectivity index (χ0) is 15.9. The van der Waals surface area contributed by atoms with Crippen molar-refractivity contribution in [2.24, 2.45) is 0 Å². The molecule has 3 nitrogen and oxygen atoms in total. The number of ether oxygens (including phenoxy) is 2. The molecule has 0 saturated carbocycles. The molecule has 0 heterocycles. The first-order valence-electron chi connectivity index (χ1n) is 7.13. The predicted octanol–water partition coefficient (Wildman–Crippen LogP) is 4.11. The van der Waals surface area contributed by atoms with E-state index in [4.69, 9.17) is 9.47 Å². The molecule has 0 amide bonds. The number of benzene rings is 2. The molecule has 0 saturated heterocycles. The van der Waals surface area contributed by atoms with Crippen molar-refractivity contribution in [3.63, 3.8) is 0 Å². The minimum absolute atomic E-state index is 0.133. The summed E-state index contributed by atoms with van der Waals surface area (Å²) in [5, 5.41) is 0. The number of hydrogen-bond acceptors (Lipinski definition) is 3. The number of methoxy groups -OCH3 is 2. The van der Waals surface area contributed by atoms with E-state index in [0.29, 0.717) is 17.9 Å². The Morgan fingerprint density at radius 3 is 2.23 bits per heavy atom. The van der Waals surface area contributed by atoms with E-state index in [1.54, 1.807) is 21.1 Å². The summed E-state index contributed by atoms with van der Waals surface area (Å²) in [5.74, 6) is 1.49. The Hall–Kier alpha value is -2.55. The first kappa shape index (κ1) is 15.8. The summed E-state index contributed by atoms with van der Waals surface area (Å²) in [4.78, 5) is 11.3. The average molecular weight is 296 g/mol. The van der Waals surface area contributed by atoms with Crippen LogP contribution in [0.1, 0.15) is 24.5 Å². The Bertz CT molecular complexity index is 672. The normalized spacial score (nSPS) is 11.1. The van der Waals surface area contributed by atoms with Gasteiger partial charge in [-0.05, 0) is 35.8 Å². The molecule has 114 valence electrons. The summed E-state index contributed by atoms with van der Waals surface area (Å²) in [6.07, 6.45) is 2.36. The quantitative estimate of drug-likeness (QED) is 0.804. The van der Waals surface area contributed by atoms with E-state index >= 15 is 0 Å². The van der Waals surface area contributed by atoms with Crippen LogP contribution in [0.25, 0.3) is 5.57 Å². The van der Waals surface area contributed by atoms with Crippen molar-refractivity contribution in [2.45, 2.75) is 13.3 Å². The number of carbonyl (C=O) groups excluding carboxylic acids is 1. The summed E-state index contributed by atoms with van der Waals surface area (Å²) in [5.41, 5.74) is 3.07. The van der Waals surface area contributed by atoms with Crippen LogP contribution in [-0.4, -0.2) is 20.0 Å². The van der Waals surface area contributed by atoms with Gasteiger partial charge in [0, 0.05) is 6.42 Å². The van der Waals surface area contributed by atoms with E-state index in [2.05, 4.69) is 0 Å². The number of rotatable bonds is 6. The highest BCUT2D eigenvalue weighted by molar-refractivity contribution is 5.85. The molecule has 0 radical (unpaired) electrons. The highest BCUT2D eigenvalue weighted by Crippen LogP contribution is 2.33. The van der Waals surface area contributed by atoms with Crippen molar-refractivity contribution in [2.75, 3.05) is 14.2 Å². The van der Waals surface area contributed by atoms with Crippen molar-refractivity contribution in [1.29, 1.82) is 0 Å². The lowest BCUT2D eigenvalue weighted by molar-refractivity contribution is -0.116. The minimum atomic E-state index is 0.133. The van der Waals surface area contributed by atoms with Gasteiger partial charge in [0.2, 0.25) is 0 Å². The van der Waals surface area contributed by atoms with Crippen LogP contribution in [-0.2, 0) is 4.79 Å². The average Bonchev–Trinajstić information content (AvgIpc) is 2.55. The van der Waals surface area contributed by atoms with Crippen molar-refractivity contribution < 1.29 is 14.3 Å². The third-order valence-electron chi connectivity index (χ3n) is 3.37. The zero-order valence-electron chi connectivity index (χ0n) is 13.1. The number of hydrogen-bond donors (Lipinski definition) is 0. The molecule has 2 rings (SSSR count). The van der Waals surface area contributed by atoms with Crippen LogP contribution in [0.15, 0.2) is 54.6 Å². The van der Waals surface area contributed by atoms with E-state index in [9.17, 15) is 4.79 Å². The summed E-state index contributed by atoms with van der Waals surface area (Å²) in [6, 6.07) is 15.8. The molecule has 0 aliphatic rings. The fourth-order valence-corrected chi connectivity index (χ4v) is 2.27. The summed E-state index contributed by atoms with van der Waals surface area (Å²) in [6.45, 7) is 1.59. The second-order valence-electron chi connectivity index (χ2n) is 4.96. The Balaban J connectivity index is 2.50. The molecule has 0 N–H and O–H groups in total. The van der Waals surface area contributed by atoms with Gasteiger partial charge in [-0.1, -0.05) is 42.5 Å². The maximum Gasteiger partial charge on any atom is 0.161 e. The highest BCUT2D eigenvalue weighted by atomic mass is 16.5. The van der Waals surface area contributed by atoms with Gasteiger partial charge in [0.15, 0.2) is 11.5 Å². The monoisotopic (exact) mass is 296 g/mol. The molecule has 0 atom stereocenters. The van der Waals surface area contributed by atoms with Crippen molar-refractivity contribution in [3.05, 3.63) is 65.7 Å². The lowest BCUT2D eigenvalue weighted by Crippen LogP contribution is -1.95. The van der Waals surface area contributed by atoms with Gasteiger partial charge in [0.1, 0.15) is 5.78 Å². The number of ketones is 1. The molecule has 0 aliphatic heterocycles. The van der Waals surface area contributed by atoms with E-state index < -0.39 is 0 Å². The molecule has 0 spiro atoms. The third kappa shape index (κ3) is 3.76. The van der Waals surface area contributed by atoms with Gasteiger partial charge in [0.25, 0.3) is 0 Å². The smallest absolute Gasteiger partial charge is 0.161 e. The van der Waals surface area contributed by atoms with Crippen LogP contribution in [0.5, 0.6) is 11.5 Å². The van der Waals surface area contributed by atoms with Crippen LogP contribution in [0.4, 0.5) is 0 Å². The van der Waals surface area contributed by atoms with Gasteiger partial charge >= 0.3 is 0 Å². The van der Waals surface area contributed by atoms with Crippen LogP contribution < -0.4 is 9.47 Å². The second-order valence-corrected chi connectivity index (χ2v) is 4.96. The number of allylic oxidation sites excluding steroid dienone is 1. The van der Waals surface area contributed by atoms with Gasteiger partial charge in [0.05, 0.1) is 14.2 Å². The van der Waals surface area contributed by atoms with Crippen LogP contribution >= 0.6 is 0 Å². The predicted molar refractivity (Wildman–Crippen MR) is 88.4 cm³/mol.